The lowest BCUT2D eigenvalue weighted by Gasteiger charge is -2.17. The van der Waals surface area contributed by atoms with Crippen molar-refractivity contribution in [1.29, 1.82) is 5.41 Å². The number of benzene rings is 1. The number of ether oxygens (including phenoxy) is 1. The fourth-order valence-corrected chi connectivity index (χ4v) is 4.01. The maximum Gasteiger partial charge on any atom is 0.266 e. The number of amidine groups is 1. The van der Waals surface area contributed by atoms with E-state index in [2.05, 4.69) is 4.98 Å². The Hall–Kier alpha value is -2.48. The Morgan fingerprint density at radius 2 is 2.13 bits per heavy atom. The molecule has 6 nitrogen and oxygen atoms in total. The van der Waals surface area contributed by atoms with Gasteiger partial charge < -0.3 is 4.74 Å². The number of alkyl halides is 1. The van der Waals surface area contributed by atoms with Crippen LogP contribution in [-0.2, 0) is 16.6 Å². The van der Waals surface area contributed by atoms with Gasteiger partial charge in [0.2, 0.25) is 6.36 Å². The molecule has 23 heavy (non-hydrogen) atoms. The Morgan fingerprint density at radius 3 is 2.78 bits per heavy atom. The number of hydrogen-bond acceptors (Lipinski definition) is 5. The Labute approximate surface area is 133 Å². The summed E-state index contributed by atoms with van der Waals surface area (Å²) in [6.45, 7) is 1.17. The second kappa shape index (κ2) is 5.62. The normalized spacial score (nSPS) is 17.0. The molecule has 3 rings (SSSR count). The highest BCUT2D eigenvalue weighted by molar-refractivity contribution is 7.90. The van der Waals surface area contributed by atoms with Crippen molar-refractivity contribution >= 4 is 15.9 Å². The van der Waals surface area contributed by atoms with E-state index in [4.69, 9.17) is 10.1 Å². The van der Waals surface area contributed by atoms with Gasteiger partial charge in [0, 0.05) is 19.3 Å². The molecule has 8 heteroatoms. The van der Waals surface area contributed by atoms with Gasteiger partial charge in [-0.15, -0.1) is 0 Å². The molecular formula is C15H14FN3O3S. The number of aromatic nitrogens is 1. The van der Waals surface area contributed by atoms with Crippen LogP contribution < -0.4 is 4.74 Å². The lowest BCUT2D eigenvalue weighted by atomic mass is 10.1. The highest BCUT2D eigenvalue weighted by atomic mass is 32.2. The molecule has 0 fully saturated rings. The summed E-state index contributed by atoms with van der Waals surface area (Å²) in [6.07, 6.45) is 1.51. The third-order valence-corrected chi connectivity index (χ3v) is 5.17. The van der Waals surface area contributed by atoms with Crippen molar-refractivity contribution in [2.45, 2.75) is 24.7 Å². The predicted molar refractivity (Wildman–Crippen MR) is 81.4 cm³/mol. The molecule has 0 saturated heterocycles. The van der Waals surface area contributed by atoms with Crippen molar-refractivity contribution in [2.75, 3.05) is 0 Å². The third-order valence-electron chi connectivity index (χ3n) is 3.38. The van der Waals surface area contributed by atoms with E-state index >= 15 is 0 Å². The van der Waals surface area contributed by atoms with Gasteiger partial charge in [0.15, 0.2) is 0 Å². The highest BCUT2D eigenvalue weighted by Gasteiger charge is 2.40. The van der Waals surface area contributed by atoms with Crippen LogP contribution in [0.5, 0.6) is 5.75 Å². The van der Waals surface area contributed by atoms with E-state index in [-0.39, 0.29) is 28.6 Å². The molecule has 1 N–H and O–H groups in total. The molecular weight excluding hydrogens is 321 g/mol. The number of rotatable bonds is 4. The van der Waals surface area contributed by atoms with Gasteiger partial charge in [0.25, 0.3) is 10.0 Å². The van der Waals surface area contributed by atoms with Crippen LogP contribution in [-0.4, -0.2) is 29.9 Å². The molecule has 120 valence electrons. The van der Waals surface area contributed by atoms with Gasteiger partial charge in [-0.1, -0.05) is 12.1 Å². The Balaban J connectivity index is 2.05. The highest BCUT2D eigenvalue weighted by Crippen LogP contribution is 2.37. The first-order chi connectivity index (χ1) is 10.9. The lowest BCUT2D eigenvalue weighted by Crippen LogP contribution is -2.29. The van der Waals surface area contributed by atoms with Crippen LogP contribution in [0.2, 0.25) is 0 Å². The smallest absolute Gasteiger partial charge is 0.266 e. The number of sulfonamides is 1. The molecule has 0 spiro atoms. The molecule has 0 radical (unpaired) electrons. The second-order valence-electron chi connectivity index (χ2n) is 5.01. The standard InChI is InChI=1S/C15H14FN3O3S/c1-10(16)22-12-5-2-6-13-14(12)15(17)19(23(13,20)21)9-11-4-3-7-18-8-11/h2-8,10,17H,9H2,1H3. The van der Waals surface area contributed by atoms with E-state index in [1.165, 1.54) is 31.3 Å². The minimum absolute atomic E-state index is 0.0195. The minimum atomic E-state index is -3.87. The van der Waals surface area contributed by atoms with Gasteiger partial charge in [-0.05, 0) is 23.8 Å². The van der Waals surface area contributed by atoms with E-state index in [0.29, 0.717) is 5.56 Å². The van der Waals surface area contributed by atoms with Gasteiger partial charge in [-0.25, -0.2) is 17.1 Å². The summed E-state index contributed by atoms with van der Waals surface area (Å²) in [4.78, 5) is 3.89. The summed E-state index contributed by atoms with van der Waals surface area (Å²) in [5.41, 5.74) is 0.732. The summed E-state index contributed by atoms with van der Waals surface area (Å²) < 4.78 is 44.4. The van der Waals surface area contributed by atoms with Crippen LogP contribution in [0, 0.1) is 5.41 Å². The van der Waals surface area contributed by atoms with Crippen molar-refractivity contribution in [3.8, 4) is 5.75 Å². The van der Waals surface area contributed by atoms with Gasteiger partial charge in [0.1, 0.15) is 16.5 Å². The van der Waals surface area contributed by atoms with E-state index < -0.39 is 16.4 Å². The number of halogens is 1. The summed E-state index contributed by atoms with van der Waals surface area (Å²) >= 11 is 0. The van der Waals surface area contributed by atoms with Crippen molar-refractivity contribution < 1.29 is 17.5 Å². The minimum Gasteiger partial charge on any atom is -0.460 e. The van der Waals surface area contributed by atoms with Crippen molar-refractivity contribution in [3.63, 3.8) is 0 Å². The molecule has 1 atom stereocenters. The molecule has 0 amide bonds. The zero-order valence-electron chi connectivity index (χ0n) is 12.2. The number of nitrogens with zero attached hydrogens (tertiary/aromatic N) is 2. The largest absolute Gasteiger partial charge is 0.460 e. The van der Waals surface area contributed by atoms with Gasteiger partial charge in [-0.3, -0.25) is 10.4 Å². The summed E-state index contributed by atoms with van der Waals surface area (Å²) in [5, 5.41) is 8.20. The zero-order valence-corrected chi connectivity index (χ0v) is 13.0. The maximum atomic E-state index is 13.2. The van der Waals surface area contributed by atoms with Crippen LogP contribution in [0.15, 0.2) is 47.6 Å². The average molecular weight is 335 g/mol. The zero-order chi connectivity index (χ0) is 16.6. The van der Waals surface area contributed by atoms with Crippen LogP contribution in [0.25, 0.3) is 0 Å². The van der Waals surface area contributed by atoms with E-state index in [9.17, 15) is 12.8 Å². The SMILES string of the molecule is CC(F)Oc1cccc2c1C(=N)N(Cc1cccnc1)S2(=O)=O. The first-order valence-electron chi connectivity index (χ1n) is 6.85. The molecule has 1 aromatic heterocycles. The van der Waals surface area contributed by atoms with Crippen LogP contribution in [0.1, 0.15) is 18.1 Å². The van der Waals surface area contributed by atoms with Crippen LogP contribution >= 0.6 is 0 Å². The monoisotopic (exact) mass is 335 g/mol. The molecule has 0 saturated carbocycles. The molecule has 0 bridgehead atoms. The molecule has 2 aromatic rings. The molecule has 1 aliphatic heterocycles. The quantitative estimate of drug-likeness (QED) is 0.929. The Bertz CT molecular complexity index is 854. The molecule has 1 aliphatic rings. The first-order valence-corrected chi connectivity index (χ1v) is 8.29. The Morgan fingerprint density at radius 1 is 1.35 bits per heavy atom. The fraction of sp³-hybridized carbons (Fsp3) is 0.200. The summed E-state index contributed by atoms with van der Waals surface area (Å²) in [6, 6.07) is 7.72. The van der Waals surface area contributed by atoms with Gasteiger partial charge in [0.05, 0.1) is 12.1 Å². The van der Waals surface area contributed by atoms with E-state index in [0.717, 1.165) is 4.31 Å². The number of pyridine rings is 1. The van der Waals surface area contributed by atoms with Crippen molar-refractivity contribution in [2.24, 2.45) is 0 Å². The van der Waals surface area contributed by atoms with Crippen molar-refractivity contribution in [1.82, 2.24) is 9.29 Å². The average Bonchev–Trinajstić information content (AvgIpc) is 2.70. The topological polar surface area (TPSA) is 83.3 Å². The predicted octanol–water partition coefficient (Wildman–Crippen LogP) is 2.31. The summed E-state index contributed by atoms with van der Waals surface area (Å²) in [5.74, 6) is -0.195. The van der Waals surface area contributed by atoms with Gasteiger partial charge >= 0.3 is 0 Å². The van der Waals surface area contributed by atoms with Gasteiger partial charge in [-0.2, -0.15) is 0 Å². The molecule has 2 heterocycles. The second-order valence-corrected chi connectivity index (χ2v) is 6.84. The molecule has 1 unspecified atom stereocenters. The maximum absolute atomic E-state index is 13.2. The molecule has 1 aromatic carbocycles. The number of nitrogens with one attached hydrogen (secondary N) is 1. The molecule has 0 aliphatic carbocycles. The number of hydrogen-bond donors (Lipinski definition) is 1. The van der Waals surface area contributed by atoms with Crippen molar-refractivity contribution in [3.05, 3.63) is 53.9 Å². The lowest BCUT2D eigenvalue weighted by molar-refractivity contribution is 0.0855. The third kappa shape index (κ3) is 2.65. The van der Waals surface area contributed by atoms with Crippen LogP contribution in [0.3, 0.4) is 0 Å². The first kappa shape index (κ1) is 15.4. The number of fused-ring (bicyclic) bond motifs is 1. The van der Waals surface area contributed by atoms with Crippen LogP contribution in [0.4, 0.5) is 4.39 Å². The van der Waals surface area contributed by atoms with E-state index in [1.54, 1.807) is 18.3 Å². The fourth-order valence-electron chi connectivity index (χ4n) is 2.42. The Kier molecular flexibility index (Phi) is 3.77. The summed E-state index contributed by atoms with van der Waals surface area (Å²) in [7, 11) is -3.87. The van der Waals surface area contributed by atoms with E-state index in [1.807, 2.05) is 0 Å².